The Morgan fingerprint density at radius 3 is 2.59 bits per heavy atom. The molecule has 7 heteroatoms. The highest BCUT2D eigenvalue weighted by Gasteiger charge is 2.08. The maximum atomic E-state index is 12.9. The van der Waals surface area contributed by atoms with Gasteiger partial charge >= 0.3 is 0 Å². The second-order valence-electron chi connectivity index (χ2n) is 5.81. The summed E-state index contributed by atoms with van der Waals surface area (Å²) in [6, 6.07) is 19.3. The normalized spacial score (nSPS) is 10.9. The van der Waals surface area contributed by atoms with Crippen molar-refractivity contribution in [1.82, 2.24) is 14.6 Å². The van der Waals surface area contributed by atoms with Crippen molar-refractivity contribution in [3.8, 4) is 11.3 Å². The number of halogens is 1. The Labute approximate surface area is 159 Å². The quantitative estimate of drug-likeness (QED) is 0.527. The number of aromatic nitrogens is 3. The first-order valence-corrected chi connectivity index (χ1v) is 9.26. The van der Waals surface area contributed by atoms with E-state index in [-0.39, 0.29) is 17.5 Å². The minimum absolute atomic E-state index is 0.177. The minimum Gasteiger partial charge on any atom is -0.325 e. The van der Waals surface area contributed by atoms with Gasteiger partial charge in [-0.3, -0.25) is 4.79 Å². The van der Waals surface area contributed by atoms with Gasteiger partial charge < -0.3 is 5.32 Å². The number of rotatable bonds is 5. The van der Waals surface area contributed by atoms with Crippen LogP contribution in [-0.2, 0) is 4.79 Å². The second-order valence-corrected chi connectivity index (χ2v) is 6.81. The number of amides is 1. The molecule has 27 heavy (non-hydrogen) atoms. The minimum atomic E-state index is -0.338. The van der Waals surface area contributed by atoms with Crippen LogP contribution in [0.3, 0.4) is 0 Å². The van der Waals surface area contributed by atoms with Gasteiger partial charge in [0.15, 0.2) is 5.65 Å². The lowest BCUT2D eigenvalue weighted by molar-refractivity contribution is -0.113. The van der Waals surface area contributed by atoms with Gasteiger partial charge in [-0.2, -0.15) is 5.10 Å². The van der Waals surface area contributed by atoms with Gasteiger partial charge in [-0.05, 0) is 36.4 Å². The summed E-state index contributed by atoms with van der Waals surface area (Å²) in [6.07, 6.45) is 1.87. The van der Waals surface area contributed by atoms with E-state index in [9.17, 15) is 9.18 Å². The van der Waals surface area contributed by atoms with Crippen LogP contribution in [0.2, 0.25) is 0 Å². The molecule has 0 saturated heterocycles. The fourth-order valence-electron chi connectivity index (χ4n) is 2.56. The van der Waals surface area contributed by atoms with Crippen LogP contribution in [0.15, 0.2) is 78.0 Å². The van der Waals surface area contributed by atoms with Gasteiger partial charge in [0.05, 0.1) is 17.6 Å². The first kappa shape index (κ1) is 17.2. The SMILES string of the molecule is O=C(CSc1ccc2nc(-c3ccccc3)cn2n1)Nc1ccc(F)cc1. The molecule has 4 aromatic rings. The van der Waals surface area contributed by atoms with Crippen LogP contribution in [0.25, 0.3) is 16.9 Å². The van der Waals surface area contributed by atoms with Crippen LogP contribution in [0, 0.1) is 5.82 Å². The van der Waals surface area contributed by atoms with Crippen molar-refractivity contribution in [1.29, 1.82) is 0 Å². The number of thioether (sulfide) groups is 1. The number of hydrogen-bond donors (Lipinski definition) is 1. The van der Waals surface area contributed by atoms with Crippen molar-refractivity contribution < 1.29 is 9.18 Å². The molecular weight excluding hydrogens is 363 g/mol. The van der Waals surface area contributed by atoms with E-state index in [1.807, 2.05) is 48.7 Å². The topological polar surface area (TPSA) is 59.3 Å². The van der Waals surface area contributed by atoms with Crippen LogP contribution in [-0.4, -0.2) is 26.3 Å². The molecule has 2 heterocycles. The highest BCUT2D eigenvalue weighted by Crippen LogP contribution is 2.21. The van der Waals surface area contributed by atoms with Gasteiger partial charge in [0.1, 0.15) is 10.8 Å². The van der Waals surface area contributed by atoms with E-state index in [4.69, 9.17) is 0 Å². The van der Waals surface area contributed by atoms with E-state index in [2.05, 4.69) is 15.4 Å². The van der Waals surface area contributed by atoms with E-state index < -0.39 is 0 Å². The Bertz CT molecular complexity index is 1080. The molecule has 134 valence electrons. The fourth-order valence-corrected chi connectivity index (χ4v) is 3.22. The average Bonchev–Trinajstić information content (AvgIpc) is 3.12. The molecule has 0 aliphatic carbocycles. The third-order valence-electron chi connectivity index (χ3n) is 3.84. The number of carbonyl (C=O) groups excluding carboxylic acids is 1. The average molecular weight is 378 g/mol. The smallest absolute Gasteiger partial charge is 0.234 e. The number of nitrogens with one attached hydrogen (secondary N) is 1. The Balaban J connectivity index is 1.43. The molecule has 1 amide bonds. The maximum absolute atomic E-state index is 12.9. The number of benzene rings is 2. The van der Waals surface area contributed by atoms with E-state index in [0.717, 1.165) is 16.9 Å². The molecule has 4 rings (SSSR count). The molecule has 0 unspecified atom stereocenters. The number of hydrogen-bond acceptors (Lipinski definition) is 4. The van der Waals surface area contributed by atoms with E-state index in [1.165, 1.54) is 36.0 Å². The summed E-state index contributed by atoms with van der Waals surface area (Å²) in [5.74, 6) is -0.310. The molecule has 1 N–H and O–H groups in total. The summed E-state index contributed by atoms with van der Waals surface area (Å²) in [5.41, 5.74) is 3.18. The lowest BCUT2D eigenvalue weighted by Gasteiger charge is -2.05. The fraction of sp³-hybridized carbons (Fsp3) is 0.0500. The second kappa shape index (κ2) is 7.59. The van der Waals surface area contributed by atoms with Crippen LogP contribution < -0.4 is 5.32 Å². The zero-order valence-corrected chi connectivity index (χ0v) is 15.0. The first-order chi connectivity index (χ1) is 13.2. The van der Waals surface area contributed by atoms with E-state index >= 15 is 0 Å². The van der Waals surface area contributed by atoms with E-state index in [0.29, 0.717) is 10.7 Å². The van der Waals surface area contributed by atoms with Crippen LogP contribution in [0.1, 0.15) is 0 Å². The molecule has 5 nitrogen and oxygen atoms in total. The molecule has 0 saturated carbocycles. The molecule has 0 aliphatic rings. The highest BCUT2D eigenvalue weighted by molar-refractivity contribution is 7.99. The van der Waals surface area contributed by atoms with Crippen molar-refractivity contribution in [2.24, 2.45) is 0 Å². The number of imidazole rings is 1. The van der Waals surface area contributed by atoms with Gasteiger partial charge in [0, 0.05) is 11.3 Å². The van der Waals surface area contributed by atoms with Crippen molar-refractivity contribution in [2.75, 3.05) is 11.1 Å². The van der Waals surface area contributed by atoms with Gasteiger partial charge in [-0.1, -0.05) is 42.1 Å². The summed E-state index contributed by atoms with van der Waals surface area (Å²) >= 11 is 1.32. The number of fused-ring (bicyclic) bond motifs is 1. The molecule has 2 aromatic heterocycles. The molecule has 0 atom stereocenters. The molecule has 2 aromatic carbocycles. The van der Waals surface area contributed by atoms with Gasteiger partial charge in [0.2, 0.25) is 5.91 Å². The largest absolute Gasteiger partial charge is 0.325 e. The molecule has 0 aliphatic heterocycles. The summed E-state index contributed by atoms with van der Waals surface area (Å²) in [5, 5.41) is 7.94. The first-order valence-electron chi connectivity index (χ1n) is 8.27. The highest BCUT2D eigenvalue weighted by atomic mass is 32.2. The monoisotopic (exact) mass is 378 g/mol. The molecule has 0 bridgehead atoms. The number of carbonyl (C=O) groups is 1. The Kier molecular flexibility index (Phi) is 4.84. The Morgan fingerprint density at radius 1 is 1.04 bits per heavy atom. The Hall–Kier alpha value is -3.19. The summed E-state index contributed by atoms with van der Waals surface area (Å²) < 4.78 is 14.6. The van der Waals surface area contributed by atoms with Crippen molar-refractivity contribution in [3.05, 3.63) is 78.7 Å². The van der Waals surface area contributed by atoms with Crippen LogP contribution in [0.4, 0.5) is 10.1 Å². The Morgan fingerprint density at radius 2 is 1.81 bits per heavy atom. The molecule has 0 fully saturated rings. The zero-order valence-electron chi connectivity index (χ0n) is 14.2. The molecular formula is C20H15FN4OS. The lowest BCUT2D eigenvalue weighted by Crippen LogP contribution is -2.14. The van der Waals surface area contributed by atoms with Crippen molar-refractivity contribution in [2.45, 2.75) is 5.03 Å². The van der Waals surface area contributed by atoms with Crippen molar-refractivity contribution >= 4 is 29.0 Å². The predicted molar refractivity (Wildman–Crippen MR) is 104 cm³/mol. The lowest BCUT2D eigenvalue weighted by atomic mass is 10.2. The maximum Gasteiger partial charge on any atom is 0.234 e. The zero-order chi connectivity index (χ0) is 18.6. The van der Waals surface area contributed by atoms with Crippen molar-refractivity contribution in [3.63, 3.8) is 0 Å². The molecule has 0 radical (unpaired) electrons. The molecule has 0 spiro atoms. The summed E-state index contributed by atoms with van der Waals surface area (Å²) in [7, 11) is 0. The van der Waals surface area contributed by atoms with Crippen LogP contribution in [0.5, 0.6) is 0 Å². The third kappa shape index (κ3) is 4.15. The standard InChI is InChI=1S/C20H15FN4OS/c21-15-6-8-16(9-7-15)22-19(26)13-27-20-11-10-18-23-17(12-25(18)24-20)14-4-2-1-3-5-14/h1-12H,13H2,(H,22,26). The third-order valence-corrected chi connectivity index (χ3v) is 4.76. The van der Waals surface area contributed by atoms with Gasteiger partial charge in [-0.25, -0.2) is 13.9 Å². The van der Waals surface area contributed by atoms with Crippen LogP contribution >= 0.6 is 11.8 Å². The predicted octanol–water partition coefficient (Wildman–Crippen LogP) is 4.27. The van der Waals surface area contributed by atoms with Gasteiger partial charge in [-0.15, -0.1) is 0 Å². The summed E-state index contributed by atoms with van der Waals surface area (Å²) in [6.45, 7) is 0. The van der Waals surface area contributed by atoms with Gasteiger partial charge in [0.25, 0.3) is 0 Å². The number of nitrogens with zero attached hydrogens (tertiary/aromatic N) is 3. The van der Waals surface area contributed by atoms with E-state index in [1.54, 1.807) is 4.52 Å². The number of anilines is 1. The summed E-state index contributed by atoms with van der Waals surface area (Å²) in [4.78, 5) is 16.6.